The third-order valence-electron chi connectivity index (χ3n) is 3.49. The van der Waals surface area contributed by atoms with Gasteiger partial charge in [0.2, 0.25) is 5.91 Å². The highest BCUT2D eigenvalue weighted by Crippen LogP contribution is 2.25. The molecule has 5 nitrogen and oxygen atoms in total. The first-order valence-corrected chi connectivity index (χ1v) is 6.11. The molecule has 2 amide bonds. The monoisotopic (exact) mass is 245 g/mol. The van der Waals surface area contributed by atoms with Crippen LogP contribution in [0.5, 0.6) is 0 Å². The number of likely N-dealkylation sites (tertiary alicyclic amines) is 1. The van der Waals surface area contributed by atoms with Gasteiger partial charge in [-0.05, 0) is 30.2 Å². The summed E-state index contributed by atoms with van der Waals surface area (Å²) in [4.78, 5) is 25.3. The standard InChI is InChI=1S/C13H15N3O2/c14-10-3-4-16(7-10)13(18)8-1-2-11-9(5-8)6-12(17)15-11/h1-2,5,10H,3-4,6-7,14H2,(H,15,17)/t10-/m0/s1. The van der Waals surface area contributed by atoms with E-state index in [1.54, 1.807) is 23.1 Å². The topological polar surface area (TPSA) is 75.4 Å². The number of rotatable bonds is 1. The number of hydrogen-bond acceptors (Lipinski definition) is 3. The van der Waals surface area contributed by atoms with Gasteiger partial charge in [-0.15, -0.1) is 0 Å². The number of hydrogen-bond donors (Lipinski definition) is 2. The summed E-state index contributed by atoms with van der Waals surface area (Å²) in [6.45, 7) is 1.33. The Kier molecular flexibility index (Phi) is 2.56. The van der Waals surface area contributed by atoms with E-state index in [1.807, 2.05) is 0 Å². The minimum absolute atomic E-state index is 0.00472. The van der Waals surface area contributed by atoms with Crippen molar-refractivity contribution in [3.05, 3.63) is 29.3 Å². The maximum absolute atomic E-state index is 12.2. The van der Waals surface area contributed by atoms with Gasteiger partial charge < -0.3 is 16.0 Å². The van der Waals surface area contributed by atoms with Crippen molar-refractivity contribution in [1.29, 1.82) is 0 Å². The lowest BCUT2D eigenvalue weighted by Gasteiger charge is -2.16. The summed E-state index contributed by atoms with van der Waals surface area (Å²) >= 11 is 0. The minimum atomic E-state index is -0.0159. The predicted molar refractivity (Wildman–Crippen MR) is 67.3 cm³/mol. The lowest BCUT2D eigenvalue weighted by atomic mass is 10.1. The smallest absolute Gasteiger partial charge is 0.253 e. The van der Waals surface area contributed by atoms with Crippen LogP contribution in [0.1, 0.15) is 22.3 Å². The third kappa shape index (κ3) is 1.86. The van der Waals surface area contributed by atoms with Crippen molar-refractivity contribution in [3.8, 4) is 0 Å². The Morgan fingerprint density at radius 2 is 2.28 bits per heavy atom. The zero-order chi connectivity index (χ0) is 12.7. The Morgan fingerprint density at radius 3 is 3.00 bits per heavy atom. The van der Waals surface area contributed by atoms with E-state index in [-0.39, 0.29) is 17.9 Å². The number of anilines is 1. The summed E-state index contributed by atoms with van der Waals surface area (Å²) in [5.74, 6) is -0.0112. The second kappa shape index (κ2) is 4.10. The van der Waals surface area contributed by atoms with Crippen LogP contribution in [0.4, 0.5) is 5.69 Å². The predicted octanol–water partition coefficient (Wildman–Crippen LogP) is 0.354. The highest BCUT2D eigenvalue weighted by molar-refractivity contribution is 6.01. The molecule has 94 valence electrons. The van der Waals surface area contributed by atoms with Crippen LogP contribution >= 0.6 is 0 Å². The molecule has 5 heteroatoms. The fraction of sp³-hybridized carbons (Fsp3) is 0.385. The van der Waals surface area contributed by atoms with E-state index in [2.05, 4.69) is 5.32 Å². The van der Waals surface area contributed by atoms with E-state index < -0.39 is 0 Å². The first-order chi connectivity index (χ1) is 8.63. The summed E-state index contributed by atoms with van der Waals surface area (Å²) < 4.78 is 0. The van der Waals surface area contributed by atoms with Crippen LogP contribution < -0.4 is 11.1 Å². The lowest BCUT2D eigenvalue weighted by molar-refractivity contribution is -0.115. The number of carbonyl (C=O) groups excluding carboxylic acids is 2. The maximum atomic E-state index is 12.2. The van der Waals surface area contributed by atoms with Gasteiger partial charge in [0.15, 0.2) is 0 Å². The van der Waals surface area contributed by atoms with E-state index in [9.17, 15) is 9.59 Å². The first kappa shape index (κ1) is 11.2. The van der Waals surface area contributed by atoms with E-state index in [0.29, 0.717) is 25.1 Å². The van der Waals surface area contributed by atoms with Crippen molar-refractivity contribution < 1.29 is 9.59 Å². The van der Waals surface area contributed by atoms with Gasteiger partial charge in [0, 0.05) is 30.4 Å². The molecule has 1 atom stereocenters. The van der Waals surface area contributed by atoms with Gasteiger partial charge in [-0.2, -0.15) is 0 Å². The average molecular weight is 245 g/mol. The number of fused-ring (bicyclic) bond motifs is 1. The quantitative estimate of drug-likeness (QED) is 0.750. The number of nitrogens with two attached hydrogens (primary N) is 1. The van der Waals surface area contributed by atoms with E-state index in [0.717, 1.165) is 17.7 Å². The summed E-state index contributed by atoms with van der Waals surface area (Å²) in [5.41, 5.74) is 8.15. The molecule has 2 aliphatic heterocycles. The van der Waals surface area contributed by atoms with Gasteiger partial charge in [0.1, 0.15) is 0 Å². The number of amides is 2. The Morgan fingerprint density at radius 1 is 1.44 bits per heavy atom. The summed E-state index contributed by atoms with van der Waals surface area (Å²) in [7, 11) is 0. The van der Waals surface area contributed by atoms with Gasteiger partial charge >= 0.3 is 0 Å². The van der Waals surface area contributed by atoms with Crippen LogP contribution in [0.25, 0.3) is 0 Å². The summed E-state index contributed by atoms with van der Waals surface area (Å²) in [5, 5.41) is 2.76. The minimum Gasteiger partial charge on any atom is -0.337 e. The van der Waals surface area contributed by atoms with E-state index >= 15 is 0 Å². The Hall–Kier alpha value is -1.88. The molecule has 2 heterocycles. The number of nitrogens with zero attached hydrogens (tertiary/aromatic N) is 1. The van der Waals surface area contributed by atoms with Gasteiger partial charge in [0.25, 0.3) is 5.91 Å². The highest BCUT2D eigenvalue weighted by Gasteiger charge is 2.26. The molecule has 1 aromatic rings. The molecule has 1 saturated heterocycles. The Balaban J connectivity index is 1.83. The maximum Gasteiger partial charge on any atom is 0.253 e. The Labute approximate surface area is 105 Å². The van der Waals surface area contributed by atoms with Crippen LogP contribution in [-0.2, 0) is 11.2 Å². The normalized spacial score (nSPS) is 21.9. The molecule has 3 N–H and O–H groups in total. The first-order valence-electron chi connectivity index (χ1n) is 6.11. The molecule has 0 unspecified atom stereocenters. The SMILES string of the molecule is N[C@H]1CCN(C(=O)c2ccc3c(c2)CC(=O)N3)C1. The highest BCUT2D eigenvalue weighted by atomic mass is 16.2. The van der Waals surface area contributed by atoms with Crippen molar-refractivity contribution in [1.82, 2.24) is 4.90 Å². The van der Waals surface area contributed by atoms with Crippen molar-refractivity contribution in [3.63, 3.8) is 0 Å². The van der Waals surface area contributed by atoms with Gasteiger partial charge in [-0.25, -0.2) is 0 Å². The molecule has 1 fully saturated rings. The molecular weight excluding hydrogens is 230 g/mol. The number of carbonyl (C=O) groups is 2. The van der Waals surface area contributed by atoms with Gasteiger partial charge in [0.05, 0.1) is 6.42 Å². The van der Waals surface area contributed by atoms with Gasteiger partial charge in [-0.3, -0.25) is 9.59 Å². The second-order valence-corrected chi connectivity index (χ2v) is 4.90. The second-order valence-electron chi connectivity index (χ2n) is 4.90. The fourth-order valence-electron chi connectivity index (χ4n) is 2.52. The molecule has 0 bridgehead atoms. The fourth-order valence-corrected chi connectivity index (χ4v) is 2.52. The summed E-state index contributed by atoms with van der Waals surface area (Å²) in [6.07, 6.45) is 1.21. The zero-order valence-electron chi connectivity index (χ0n) is 9.98. The molecule has 0 spiro atoms. The van der Waals surface area contributed by atoms with Crippen LogP contribution in [0.2, 0.25) is 0 Å². The largest absolute Gasteiger partial charge is 0.337 e. The lowest BCUT2D eigenvalue weighted by Crippen LogP contribution is -2.31. The molecule has 18 heavy (non-hydrogen) atoms. The summed E-state index contributed by atoms with van der Waals surface area (Å²) in [6, 6.07) is 5.45. The Bertz CT molecular complexity index is 527. The molecule has 3 rings (SSSR count). The van der Waals surface area contributed by atoms with Crippen molar-refractivity contribution in [2.75, 3.05) is 18.4 Å². The van der Waals surface area contributed by atoms with E-state index in [4.69, 9.17) is 5.73 Å². The van der Waals surface area contributed by atoms with E-state index in [1.165, 1.54) is 0 Å². The van der Waals surface area contributed by atoms with Crippen LogP contribution in [0.3, 0.4) is 0 Å². The van der Waals surface area contributed by atoms with Crippen molar-refractivity contribution in [2.45, 2.75) is 18.9 Å². The van der Waals surface area contributed by atoms with Crippen molar-refractivity contribution >= 4 is 17.5 Å². The van der Waals surface area contributed by atoms with Gasteiger partial charge in [-0.1, -0.05) is 0 Å². The molecule has 1 aromatic carbocycles. The molecule has 0 saturated carbocycles. The molecular formula is C13H15N3O2. The molecule has 0 aromatic heterocycles. The zero-order valence-corrected chi connectivity index (χ0v) is 9.98. The number of benzene rings is 1. The van der Waals surface area contributed by atoms with Crippen LogP contribution in [-0.4, -0.2) is 35.8 Å². The van der Waals surface area contributed by atoms with Crippen LogP contribution in [0, 0.1) is 0 Å². The van der Waals surface area contributed by atoms with Crippen molar-refractivity contribution in [2.24, 2.45) is 5.73 Å². The molecule has 2 aliphatic rings. The number of nitrogens with one attached hydrogen (secondary N) is 1. The third-order valence-corrected chi connectivity index (χ3v) is 3.49. The van der Waals surface area contributed by atoms with Crippen LogP contribution in [0.15, 0.2) is 18.2 Å². The molecule has 0 radical (unpaired) electrons. The molecule has 0 aliphatic carbocycles. The average Bonchev–Trinajstić information content (AvgIpc) is 2.92.